The molecule has 4 nitrogen and oxygen atoms in total. The molecule has 5 heteroatoms. The Morgan fingerprint density at radius 3 is 2.85 bits per heavy atom. The minimum Gasteiger partial charge on any atom is -0.487 e. The van der Waals surface area contributed by atoms with E-state index in [0.29, 0.717) is 12.6 Å². The van der Waals surface area contributed by atoms with Gasteiger partial charge in [-0.2, -0.15) is 0 Å². The van der Waals surface area contributed by atoms with Crippen molar-refractivity contribution in [2.24, 2.45) is 7.05 Å². The summed E-state index contributed by atoms with van der Waals surface area (Å²) in [5.41, 5.74) is 2.20. The van der Waals surface area contributed by atoms with Crippen molar-refractivity contribution in [3.63, 3.8) is 0 Å². The lowest BCUT2D eigenvalue weighted by atomic mass is 10.2. The van der Waals surface area contributed by atoms with E-state index in [1.54, 1.807) is 6.33 Å². The van der Waals surface area contributed by atoms with E-state index in [4.69, 9.17) is 4.74 Å². The molecule has 0 saturated carbocycles. The molecule has 0 unspecified atom stereocenters. The fraction of sp³-hybridized carbons (Fsp3) is 0.400. The molecular weight excluding hydrogens is 318 g/mol. The predicted octanol–water partition coefficient (Wildman–Crippen LogP) is 3.26. The third-order valence-corrected chi connectivity index (χ3v) is 3.51. The zero-order valence-corrected chi connectivity index (χ0v) is 13.6. The zero-order valence-electron chi connectivity index (χ0n) is 12.1. The van der Waals surface area contributed by atoms with E-state index in [-0.39, 0.29) is 0 Å². The zero-order chi connectivity index (χ0) is 14.5. The van der Waals surface area contributed by atoms with Gasteiger partial charge in [0.1, 0.15) is 12.4 Å². The van der Waals surface area contributed by atoms with Crippen molar-refractivity contribution in [3.05, 3.63) is 46.5 Å². The Morgan fingerprint density at radius 2 is 2.20 bits per heavy atom. The Morgan fingerprint density at radius 1 is 1.40 bits per heavy atom. The molecule has 1 heterocycles. The summed E-state index contributed by atoms with van der Waals surface area (Å²) in [4.78, 5) is 4.09. The summed E-state index contributed by atoms with van der Waals surface area (Å²) in [7, 11) is 1.97. The molecule has 108 valence electrons. The topological polar surface area (TPSA) is 39.1 Å². The smallest absolute Gasteiger partial charge is 0.130 e. The first-order valence-corrected chi connectivity index (χ1v) is 7.45. The van der Waals surface area contributed by atoms with Gasteiger partial charge in [0.15, 0.2) is 0 Å². The van der Waals surface area contributed by atoms with E-state index in [9.17, 15) is 0 Å². The summed E-state index contributed by atoms with van der Waals surface area (Å²) in [5, 5.41) is 3.42. The average molecular weight is 338 g/mol. The summed E-state index contributed by atoms with van der Waals surface area (Å²) in [6.07, 6.45) is 3.60. The van der Waals surface area contributed by atoms with Gasteiger partial charge in [0.2, 0.25) is 0 Å². The number of nitrogens with zero attached hydrogens (tertiary/aromatic N) is 2. The van der Waals surface area contributed by atoms with Gasteiger partial charge in [-0.3, -0.25) is 0 Å². The van der Waals surface area contributed by atoms with Crippen molar-refractivity contribution in [1.82, 2.24) is 14.9 Å². The molecule has 0 saturated heterocycles. The molecule has 0 amide bonds. The lowest BCUT2D eigenvalue weighted by molar-refractivity contribution is 0.293. The number of hydrogen-bond acceptors (Lipinski definition) is 3. The first-order chi connectivity index (χ1) is 9.56. The van der Waals surface area contributed by atoms with Gasteiger partial charge in [0.05, 0.1) is 18.2 Å². The summed E-state index contributed by atoms with van der Waals surface area (Å²) >= 11 is 3.51. The second-order valence-corrected chi connectivity index (χ2v) is 5.99. The van der Waals surface area contributed by atoms with Gasteiger partial charge in [-0.25, -0.2) is 4.98 Å². The average Bonchev–Trinajstić information content (AvgIpc) is 2.81. The van der Waals surface area contributed by atoms with Gasteiger partial charge in [0, 0.05) is 29.7 Å². The molecule has 1 N–H and O–H groups in total. The van der Waals surface area contributed by atoms with Crippen molar-refractivity contribution in [1.29, 1.82) is 0 Å². The minimum absolute atomic E-state index is 0.443. The van der Waals surface area contributed by atoms with Gasteiger partial charge < -0.3 is 14.6 Å². The van der Waals surface area contributed by atoms with Crippen molar-refractivity contribution >= 4 is 15.9 Å². The number of nitrogens with one attached hydrogen (secondary N) is 1. The Kier molecular flexibility index (Phi) is 5.20. The van der Waals surface area contributed by atoms with Gasteiger partial charge in [-0.1, -0.05) is 29.8 Å². The molecule has 1 aromatic carbocycles. The summed E-state index contributed by atoms with van der Waals surface area (Å²) in [5.74, 6) is 0.905. The summed E-state index contributed by atoms with van der Waals surface area (Å²) in [6.45, 7) is 5.58. The number of halogens is 1. The summed E-state index contributed by atoms with van der Waals surface area (Å²) in [6, 6.07) is 6.53. The Bertz CT molecular complexity index is 566. The van der Waals surface area contributed by atoms with Gasteiger partial charge >= 0.3 is 0 Å². The van der Waals surface area contributed by atoms with E-state index < -0.39 is 0 Å². The molecule has 0 aliphatic heterocycles. The lowest BCUT2D eigenvalue weighted by Gasteiger charge is -2.14. The van der Waals surface area contributed by atoms with Gasteiger partial charge in [-0.15, -0.1) is 0 Å². The van der Waals surface area contributed by atoms with Crippen LogP contribution in [0.2, 0.25) is 0 Å². The normalized spacial score (nSPS) is 11.1. The maximum Gasteiger partial charge on any atom is 0.130 e. The lowest BCUT2D eigenvalue weighted by Crippen LogP contribution is -2.22. The van der Waals surface area contributed by atoms with Crippen molar-refractivity contribution < 1.29 is 4.74 Å². The molecule has 1 aromatic heterocycles. The Hall–Kier alpha value is -1.33. The molecule has 0 fully saturated rings. The van der Waals surface area contributed by atoms with Crippen molar-refractivity contribution in [2.75, 3.05) is 0 Å². The van der Waals surface area contributed by atoms with Gasteiger partial charge in [0.25, 0.3) is 0 Å². The third-order valence-electron chi connectivity index (χ3n) is 3.02. The number of ether oxygens (including phenoxy) is 1. The standard InChI is InChI=1S/C15H20BrN3O/c1-11(2)18-7-12-6-13(16)4-5-15(12)20-9-14-8-17-10-19(14)3/h4-6,8,10-11,18H,7,9H2,1-3H3. The van der Waals surface area contributed by atoms with Crippen LogP contribution in [0.5, 0.6) is 5.75 Å². The molecule has 0 aliphatic rings. The number of imidazole rings is 1. The fourth-order valence-electron chi connectivity index (χ4n) is 1.82. The van der Waals surface area contributed by atoms with Gasteiger partial charge in [-0.05, 0) is 18.2 Å². The molecule has 0 radical (unpaired) electrons. The highest BCUT2D eigenvalue weighted by molar-refractivity contribution is 9.10. The Balaban J connectivity index is 2.08. The molecule has 2 rings (SSSR count). The SMILES string of the molecule is CC(C)NCc1cc(Br)ccc1OCc1cncn1C. The van der Waals surface area contributed by atoms with Crippen LogP contribution in [-0.4, -0.2) is 15.6 Å². The highest BCUT2D eigenvalue weighted by Gasteiger charge is 2.07. The van der Waals surface area contributed by atoms with E-state index >= 15 is 0 Å². The molecule has 0 aliphatic carbocycles. The number of rotatable bonds is 6. The molecule has 0 spiro atoms. The van der Waals surface area contributed by atoms with E-state index in [2.05, 4.69) is 46.1 Å². The fourth-order valence-corrected chi connectivity index (χ4v) is 2.22. The first kappa shape index (κ1) is 15.1. The Labute approximate surface area is 128 Å². The number of hydrogen-bond donors (Lipinski definition) is 1. The van der Waals surface area contributed by atoms with E-state index in [0.717, 1.165) is 28.0 Å². The second-order valence-electron chi connectivity index (χ2n) is 5.07. The third kappa shape index (κ3) is 4.08. The minimum atomic E-state index is 0.443. The van der Waals surface area contributed by atoms with Crippen LogP contribution in [0.1, 0.15) is 25.1 Å². The second kappa shape index (κ2) is 6.90. The molecule has 2 aromatic rings. The van der Waals surface area contributed by atoms with Crippen LogP contribution in [0.4, 0.5) is 0 Å². The number of aryl methyl sites for hydroxylation is 1. The van der Waals surface area contributed by atoms with E-state index in [1.165, 1.54) is 0 Å². The van der Waals surface area contributed by atoms with Crippen LogP contribution < -0.4 is 10.1 Å². The van der Waals surface area contributed by atoms with Crippen LogP contribution in [0.25, 0.3) is 0 Å². The summed E-state index contributed by atoms with van der Waals surface area (Å²) < 4.78 is 8.95. The predicted molar refractivity (Wildman–Crippen MR) is 83.7 cm³/mol. The molecular formula is C15H20BrN3O. The number of aromatic nitrogens is 2. The van der Waals surface area contributed by atoms with Crippen LogP contribution in [0.3, 0.4) is 0 Å². The van der Waals surface area contributed by atoms with Crippen LogP contribution in [-0.2, 0) is 20.2 Å². The largest absolute Gasteiger partial charge is 0.487 e. The van der Waals surface area contributed by atoms with Crippen molar-refractivity contribution in [3.8, 4) is 5.75 Å². The maximum atomic E-state index is 5.93. The maximum absolute atomic E-state index is 5.93. The molecule has 20 heavy (non-hydrogen) atoms. The molecule has 0 bridgehead atoms. The quantitative estimate of drug-likeness (QED) is 0.879. The van der Waals surface area contributed by atoms with Crippen LogP contribution in [0, 0.1) is 0 Å². The number of benzene rings is 1. The van der Waals surface area contributed by atoms with E-state index in [1.807, 2.05) is 29.9 Å². The van der Waals surface area contributed by atoms with Crippen LogP contribution >= 0.6 is 15.9 Å². The molecule has 0 atom stereocenters. The highest BCUT2D eigenvalue weighted by Crippen LogP contribution is 2.24. The monoisotopic (exact) mass is 337 g/mol. The van der Waals surface area contributed by atoms with Crippen LogP contribution in [0.15, 0.2) is 35.2 Å². The first-order valence-electron chi connectivity index (χ1n) is 6.66. The van der Waals surface area contributed by atoms with Crippen molar-refractivity contribution in [2.45, 2.75) is 33.0 Å². The highest BCUT2D eigenvalue weighted by atomic mass is 79.9.